The highest BCUT2D eigenvalue weighted by Crippen LogP contribution is 2.05. The highest BCUT2D eigenvalue weighted by molar-refractivity contribution is 5.69. The van der Waals surface area contributed by atoms with E-state index in [0.717, 1.165) is 0 Å². The van der Waals surface area contributed by atoms with Gasteiger partial charge < -0.3 is 4.52 Å². The summed E-state index contributed by atoms with van der Waals surface area (Å²) in [5, 5.41) is 10.9. The van der Waals surface area contributed by atoms with Crippen molar-refractivity contribution in [2.45, 2.75) is 0 Å². The third kappa shape index (κ3) is 0.561. The molecule has 0 spiro atoms. The first kappa shape index (κ1) is 4.43. The minimum Gasteiger partial charge on any atom is -0.354 e. The third-order valence-electron chi connectivity index (χ3n) is 1.04. The second-order valence-corrected chi connectivity index (χ2v) is 1.61. The Kier molecular flexibility index (Phi) is 0.745. The summed E-state index contributed by atoms with van der Waals surface area (Å²) in [6.45, 7) is 0. The lowest BCUT2D eigenvalue weighted by Crippen LogP contribution is -1.75. The smallest absolute Gasteiger partial charge is 0.188 e. The summed E-state index contributed by atoms with van der Waals surface area (Å²) in [5.74, 6) is 0. The fourth-order valence-electron chi connectivity index (χ4n) is 0.631. The normalized spacial score (nSPS) is 10.2. The van der Waals surface area contributed by atoms with Crippen LogP contribution in [0.5, 0.6) is 0 Å². The summed E-state index contributed by atoms with van der Waals surface area (Å²) in [4.78, 5) is 0. The fourth-order valence-corrected chi connectivity index (χ4v) is 0.631. The molecule has 2 aromatic heterocycles. The molecule has 0 saturated carbocycles. The number of nitrogens with zero attached hydrogens (tertiary/aromatic N) is 3. The summed E-state index contributed by atoms with van der Waals surface area (Å²) >= 11 is 0. The van der Waals surface area contributed by atoms with Crippen LogP contribution >= 0.6 is 0 Å². The summed E-state index contributed by atoms with van der Waals surface area (Å²) in [7, 11) is 0. The highest BCUT2D eigenvalue weighted by Gasteiger charge is 1.94. The van der Waals surface area contributed by atoms with E-state index in [-0.39, 0.29) is 0 Å². The quantitative estimate of drug-likeness (QED) is 0.512. The van der Waals surface area contributed by atoms with Gasteiger partial charge in [0.2, 0.25) is 0 Å². The zero-order chi connectivity index (χ0) is 6.10. The highest BCUT2D eigenvalue weighted by atomic mass is 16.5. The Hall–Kier alpha value is -1.45. The first-order chi connectivity index (χ1) is 4.47. The van der Waals surface area contributed by atoms with Crippen LogP contribution in [0.25, 0.3) is 11.1 Å². The van der Waals surface area contributed by atoms with Crippen LogP contribution in [0.3, 0.4) is 0 Å². The van der Waals surface area contributed by atoms with Gasteiger partial charge in [-0.25, -0.2) is 0 Å². The van der Waals surface area contributed by atoms with Gasteiger partial charge in [-0.1, -0.05) is 5.16 Å². The minimum atomic E-state index is 0.671. The maximum absolute atomic E-state index is 4.77. The van der Waals surface area contributed by atoms with Gasteiger partial charge in [-0.15, -0.1) is 5.10 Å². The van der Waals surface area contributed by atoms with Gasteiger partial charge in [0.05, 0.1) is 12.4 Å². The molecular weight excluding hydrogens is 118 g/mol. The molecule has 4 heteroatoms. The van der Waals surface area contributed by atoms with Gasteiger partial charge in [0.15, 0.2) is 11.1 Å². The Morgan fingerprint density at radius 2 is 2.44 bits per heavy atom. The number of rotatable bonds is 0. The first-order valence-electron chi connectivity index (χ1n) is 2.49. The van der Waals surface area contributed by atoms with E-state index in [1.54, 1.807) is 12.3 Å². The molecule has 0 fully saturated rings. The van der Waals surface area contributed by atoms with Crippen molar-refractivity contribution in [1.29, 1.82) is 0 Å². The molecule has 0 radical (unpaired) electrons. The fraction of sp³-hybridized carbons (Fsp3) is 0. The van der Waals surface area contributed by atoms with Gasteiger partial charge >= 0.3 is 0 Å². The Morgan fingerprint density at radius 3 is 3.33 bits per heavy atom. The largest absolute Gasteiger partial charge is 0.354 e. The molecule has 0 saturated heterocycles. The molecule has 0 unspecified atom stereocenters. The van der Waals surface area contributed by atoms with E-state index in [2.05, 4.69) is 15.4 Å². The number of hydrogen-bond acceptors (Lipinski definition) is 4. The maximum Gasteiger partial charge on any atom is 0.188 e. The van der Waals surface area contributed by atoms with Crippen molar-refractivity contribution in [3.8, 4) is 0 Å². The molecule has 0 amide bonds. The second-order valence-electron chi connectivity index (χ2n) is 1.61. The molecule has 4 nitrogen and oxygen atoms in total. The van der Waals surface area contributed by atoms with Crippen LogP contribution in [-0.2, 0) is 0 Å². The zero-order valence-corrected chi connectivity index (χ0v) is 4.48. The van der Waals surface area contributed by atoms with Crippen LogP contribution in [0.1, 0.15) is 0 Å². The molecule has 44 valence electrons. The van der Waals surface area contributed by atoms with Gasteiger partial charge in [0, 0.05) is 6.07 Å². The van der Waals surface area contributed by atoms with E-state index in [1.165, 1.54) is 6.20 Å². The van der Waals surface area contributed by atoms with Crippen LogP contribution in [0, 0.1) is 0 Å². The van der Waals surface area contributed by atoms with Gasteiger partial charge in [0.25, 0.3) is 0 Å². The molecule has 0 atom stereocenters. The number of aromatic nitrogens is 3. The van der Waals surface area contributed by atoms with Crippen molar-refractivity contribution in [2.24, 2.45) is 0 Å². The van der Waals surface area contributed by atoms with Gasteiger partial charge in [-0.3, -0.25) is 0 Å². The lowest BCUT2D eigenvalue weighted by Gasteiger charge is -1.77. The monoisotopic (exact) mass is 121 g/mol. The van der Waals surface area contributed by atoms with Crippen LogP contribution in [0.4, 0.5) is 0 Å². The van der Waals surface area contributed by atoms with Crippen molar-refractivity contribution < 1.29 is 4.52 Å². The average molecular weight is 121 g/mol. The lowest BCUT2D eigenvalue weighted by atomic mass is 10.5. The Bertz CT molecular complexity index is 286. The van der Waals surface area contributed by atoms with E-state index < -0.39 is 0 Å². The molecule has 0 bridgehead atoms. The Balaban J connectivity index is 2.95. The molecule has 2 rings (SSSR count). The van der Waals surface area contributed by atoms with E-state index in [9.17, 15) is 0 Å². The van der Waals surface area contributed by atoms with E-state index in [0.29, 0.717) is 11.1 Å². The number of hydrogen-bond donors (Lipinski definition) is 0. The maximum atomic E-state index is 4.77. The summed E-state index contributed by atoms with van der Waals surface area (Å²) < 4.78 is 4.77. The van der Waals surface area contributed by atoms with E-state index >= 15 is 0 Å². The topological polar surface area (TPSA) is 51.8 Å². The Labute approximate surface area is 50.5 Å². The van der Waals surface area contributed by atoms with Crippen molar-refractivity contribution in [1.82, 2.24) is 15.4 Å². The zero-order valence-electron chi connectivity index (χ0n) is 4.48. The first-order valence-corrected chi connectivity index (χ1v) is 2.49. The van der Waals surface area contributed by atoms with Crippen molar-refractivity contribution in [3.05, 3.63) is 18.5 Å². The molecular formula is C5H3N3O. The SMILES string of the molecule is c1cc2oncc2nn1. The van der Waals surface area contributed by atoms with Crippen LogP contribution in [-0.4, -0.2) is 15.4 Å². The van der Waals surface area contributed by atoms with Gasteiger partial charge in [-0.2, -0.15) is 5.10 Å². The lowest BCUT2D eigenvalue weighted by molar-refractivity contribution is 0.456. The second kappa shape index (κ2) is 1.51. The van der Waals surface area contributed by atoms with Gasteiger partial charge in [-0.05, 0) is 0 Å². The van der Waals surface area contributed by atoms with Crippen LogP contribution < -0.4 is 0 Å². The minimum absolute atomic E-state index is 0.671. The van der Waals surface area contributed by atoms with Crippen molar-refractivity contribution >= 4 is 11.1 Å². The summed E-state index contributed by atoms with van der Waals surface area (Å²) in [5.41, 5.74) is 1.36. The molecule has 0 aliphatic rings. The predicted octanol–water partition coefficient (Wildman–Crippen LogP) is 0.618. The van der Waals surface area contributed by atoms with Crippen LogP contribution in [0.15, 0.2) is 23.0 Å². The van der Waals surface area contributed by atoms with E-state index in [4.69, 9.17) is 4.52 Å². The van der Waals surface area contributed by atoms with Crippen molar-refractivity contribution in [2.75, 3.05) is 0 Å². The molecule has 0 aliphatic heterocycles. The Morgan fingerprint density at radius 1 is 1.44 bits per heavy atom. The molecule has 0 aromatic carbocycles. The number of fused-ring (bicyclic) bond motifs is 1. The molecule has 0 N–H and O–H groups in total. The van der Waals surface area contributed by atoms with Crippen LogP contribution in [0.2, 0.25) is 0 Å². The molecule has 0 aliphatic carbocycles. The summed E-state index contributed by atoms with van der Waals surface area (Å²) in [6, 6.07) is 1.72. The molecule has 2 heterocycles. The standard InChI is InChI=1S/C5H3N3O/c1-2-6-8-4-3-7-9-5(1)4/h1-3H. The third-order valence-corrected chi connectivity index (χ3v) is 1.04. The molecule has 2 aromatic rings. The average Bonchev–Trinajstić information content (AvgIpc) is 2.33. The summed E-state index contributed by atoms with van der Waals surface area (Å²) in [6.07, 6.45) is 3.09. The molecule has 9 heavy (non-hydrogen) atoms. The van der Waals surface area contributed by atoms with Crippen molar-refractivity contribution in [3.63, 3.8) is 0 Å². The van der Waals surface area contributed by atoms with Gasteiger partial charge in [0.1, 0.15) is 0 Å². The predicted molar refractivity (Wildman–Crippen MR) is 29.6 cm³/mol. The van der Waals surface area contributed by atoms with E-state index in [1.807, 2.05) is 0 Å².